The number of esters is 1. The van der Waals surface area contributed by atoms with Crippen LogP contribution >= 0.6 is 11.8 Å². The lowest BCUT2D eigenvalue weighted by molar-refractivity contribution is -0.145. The molecule has 3 nitrogen and oxygen atoms in total. The Hall–Kier alpha value is -0.770. The molecule has 0 aromatic heterocycles. The number of hydrogen-bond donors (Lipinski definition) is 0. The molecule has 0 N–H and O–H groups in total. The molecule has 1 unspecified atom stereocenters. The highest BCUT2D eigenvalue weighted by Crippen LogP contribution is 2.38. The maximum Gasteiger partial charge on any atom is 0.313 e. The lowest BCUT2D eigenvalue weighted by Gasteiger charge is -2.13. The second-order valence-corrected chi connectivity index (χ2v) is 4.35. The number of rotatable bonds is 2. The van der Waals surface area contributed by atoms with Crippen molar-refractivity contribution in [3.8, 4) is 0 Å². The maximum absolute atomic E-state index is 11.6. The summed E-state index contributed by atoms with van der Waals surface area (Å²) in [7, 11) is 0. The average Bonchev–Trinajstić information content (AvgIpc) is 2.61. The van der Waals surface area contributed by atoms with E-state index in [-0.39, 0.29) is 11.9 Å². The second-order valence-electron chi connectivity index (χ2n) is 3.29. The number of nitrogens with zero attached hydrogens (tertiary/aromatic N) is 1. The SMILES string of the molecule is CCOC(=O)C1CSC2=C1CCN=C2. The molecule has 0 aromatic rings. The Bertz CT molecular complexity index is 309. The molecule has 0 fully saturated rings. The third-order valence-corrected chi connectivity index (χ3v) is 3.61. The Morgan fingerprint density at radius 3 is 3.43 bits per heavy atom. The summed E-state index contributed by atoms with van der Waals surface area (Å²) in [5, 5.41) is 0. The van der Waals surface area contributed by atoms with Crippen molar-refractivity contribution in [2.24, 2.45) is 10.9 Å². The molecule has 1 atom stereocenters. The van der Waals surface area contributed by atoms with Crippen LogP contribution in [0.5, 0.6) is 0 Å². The van der Waals surface area contributed by atoms with Crippen molar-refractivity contribution in [1.82, 2.24) is 0 Å². The fraction of sp³-hybridized carbons (Fsp3) is 0.600. The molecule has 2 aliphatic heterocycles. The Morgan fingerprint density at radius 1 is 1.79 bits per heavy atom. The quantitative estimate of drug-likeness (QED) is 0.652. The van der Waals surface area contributed by atoms with E-state index in [1.165, 1.54) is 10.5 Å². The van der Waals surface area contributed by atoms with Crippen LogP contribution in [0.2, 0.25) is 0 Å². The highest BCUT2D eigenvalue weighted by molar-refractivity contribution is 8.04. The first-order valence-electron chi connectivity index (χ1n) is 4.85. The summed E-state index contributed by atoms with van der Waals surface area (Å²) in [5.41, 5.74) is 1.24. The number of allylic oxidation sites excluding steroid dienone is 1. The predicted octanol–water partition coefficient (Wildman–Crippen LogP) is 1.64. The minimum Gasteiger partial charge on any atom is -0.466 e. The van der Waals surface area contributed by atoms with Gasteiger partial charge in [-0.05, 0) is 18.9 Å². The molecular formula is C10H13NO2S. The molecule has 0 aliphatic carbocycles. The predicted molar refractivity (Wildman–Crippen MR) is 57.6 cm³/mol. The van der Waals surface area contributed by atoms with Crippen molar-refractivity contribution >= 4 is 23.9 Å². The van der Waals surface area contributed by atoms with Crippen molar-refractivity contribution in [2.75, 3.05) is 18.9 Å². The minimum atomic E-state index is -0.0692. The topological polar surface area (TPSA) is 38.7 Å². The van der Waals surface area contributed by atoms with E-state index in [9.17, 15) is 4.79 Å². The fourth-order valence-electron chi connectivity index (χ4n) is 1.74. The average molecular weight is 211 g/mol. The molecule has 0 aromatic carbocycles. The first-order chi connectivity index (χ1) is 6.83. The molecule has 2 rings (SSSR count). The summed E-state index contributed by atoms with van der Waals surface area (Å²) in [6, 6.07) is 0. The van der Waals surface area contributed by atoms with Gasteiger partial charge in [0.1, 0.15) is 0 Å². The van der Waals surface area contributed by atoms with Gasteiger partial charge in [0, 0.05) is 23.4 Å². The summed E-state index contributed by atoms with van der Waals surface area (Å²) >= 11 is 1.72. The van der Waals surface area contributed by atoms with Crippen molar-refractivity contribution in [1.29, 1.82) is 0 Å². The fourth-order valence-corrected chi connectivity index (χ4v) is 3.00. The zero-order valence-corrected chi connectivity index (χ0v) is 8.97. The van der Waals surface area contributed by atoms with Crippen LogP contribution in [0.4, 0.5) is 0 Å². The summed E-state index contributed by atoms with van der Waals surface area (Å²) < 4.78 is 5.04. The van der Waals surface area contributed by atoms with Crippen molar-refractivity contribution in [2.45, 2.75) is 13.3 Å². The first-order valence-corrected chi connectivity index (χ1v) is 5.83. The molecule has 2 heterocycles. The first kappa shape index (κ1) is 9.77. The Balaban J connectivity index is 2.12. The van der Waals surface area contributed by atoms with Crippen LogP contribution in [-0.2, 0) is 9.53 Å². The van der Waals surface area contributed by atoms with Crippen molar-refractivity contribution < 1.29 is 9.53 Å². The number of carbonyl (C=O) groups excluding carboxylic acids is 1. The van der Waals surface area contributed by atoms with E-state index in [4.69, 9.17) is 4.74 Å². The standard InChI is InChI=1S/C10H13NO2S/c1-2-13-10(12)8-6-14-9-5-11-4-3-7(8)9/h5,8H,2-4,6H2,1H3. The van der Waals surface area contributed by atoms with Gasteiger partial charge in [-0.1, -0.05) is 0 Å². The lowest BCUT2D eigenvalue weighted by Crippen LogP contribution is -2.20. The third kappa shape index (κ3) is 1.71. The molecule has 14 heavy (non-hydrogen) atoms. The second kappa shape index (κ2) is 4.17. The Kier molecular flexibility index (Phi) is 2.91. The maximum atomic E-state index is 11.6. The number of carbonyl (C=O) groups is 1. The van der Waals surface area contributed by atoms with Gasteiger partial charge in [0.25, 0.3) is 0 Å². The smallest absolute Gasteiger partial charge is 0.313 e. The molecule has 0 amide bonds. The zero-order valence-electron chi connectivity index (χ0n) is 8.16. The molecule has 0 bridgehead atoms. The largest absolute Gasteiger partial charge is 0.466 e. The number of dihydropyridines is 1. The highest BCUT2D eigenvalue weighted by Gasteiger charge is 2.32. The van der Waals surface area contributed by atoms with Crippen LogP contribution in [0.15, 0.2) is 15.5 Å². The van der Waals surface area contributed by atoms with Gasteiger partial charge in [0.15, 0.2) is 0 Å². The molecular weight excluding hydrogens is 198 g/mol. The van der Waals surface area contributed by atoms with Gasteiger partial charge in [-0.3, -0.25) is 9.79 Å². The van der Waals surface area contributed by atoms with Gasteiger partial charge < -0.3 is 4.74 Å². The van der Waals surface area contributed by atoms with E-state index >= 15 is 0 Å². The number of ether oxygens (including phenoxy) is 1. The van der Waals surface area contributed by atoms with E-state index in [0.717, 1.165) is 18.7 Å². The van der Waals surface area contributed by atoms with E-state index in [0.29, 0.717) is 6.61 Å². The summed E-state index contributed by atoms with van der Waals surface area (Å²) in [6.45, 7) is 3.13. The zero-order chi connectivity index (χ0) is 9.97. The van der Waals surface area contributed by atoms with Crippen LogP contribution in [0.3, 0.4) is 0 Å². The normalized spacial score (nSPS) is 25.1. The highest BCUT2D eigenvalue weighted by atomic mass is 32.2. The Labute approximate surface area is 87.6 Å². The van der Waals surface area contributed by atoms with Gasteiger partial charge in [-0.2, -0.15) is 0 Å². The van der Waals surface area contributed by atoms with Crippen LogP contribution in [0, 0.1) is 5.92 Å². The Morgan fingerprint density at radius 2 is 2.64 bits per heavy atom. The van der Waals surface area contributed by atoms with Gasteiger partial charge in [0.2, 0.25) is 0 Å². The van der Waals surface area contributed by atoms with Crippen LogP contribution < -0.4 is 0 Å². The van der Waals surface area contributed by atoms with E-state index in [2.05, 4.69) is 4.99 Å². The van der Waals surface area contributed by atoms with E-state index < -0.39 is 0 Å². The van der Waals surface area contributed by atoms with Crippen LogP contribution in [0.25, 0.3) is 0 Å². The molecule has 76 valence electrons. The summed E-state index contributed by atoms with van der Waals surface area (Å²) in [4.78, 5) is 17.0. The molecule has 4 heteroatoms. The minimum absolute atomic E-state index is 0.0123. The monoisotopic (exact) mass is 211 g/mol. The number of hydrogen-bond acceptors (Lipinski definition) is 4. The molecule has 0 saturated heterocycles. The summed E-state index contributed by atoms with van der Waals surface area (Å²) in [5.74, 6) is 0.747. The lowest BCUT2D eigenvalue weighted by atomic mass is 9.97. The van der Waals surface area contributed by atoms with Crippen LogP contribution in [-0.4, -0.2) is 31.1 Å². The van der Waals surface area contributed by atoms with E-state index in [1.54, 1.807) is 11.8 Å². The third-order valence-electron chi connectivity index (χ3n) is 2.43. The van der Waals surface area contributed by atoms with E-state index in [1.807, 2.05) is 13.1 Å². The van der Waals surface area contributed by atoms with Gasteiger partial charge in [-0.15, -0.1) is 11.8 Å². The van der Waals surface area contributed by atoms with Crippen LogP contribution in [0.1, 0.15) is 13.3 Å². The van der Waals surface area contributed by atoms with Crippen molar-refractivity contribution in [3.63, 3.8) is 0 Å². The molecule has 0 spiro atoms. The van der Waals surface area contributed by atoms with Gasteiger partial charge in [-0.25, -0.2) is 0 Å². The van der Waals surface area contributed by atoms with Gasteiger partial charge >= 0.3 is 5.97 Å². The molecule has 0 radical (unpaired) electrons. The molecule has 0 saturated carbocycles. The number of aliphatic imine (C=N–C) groups is 1. The van der Waals surface area contributed by atoms with Gasteiger partial charge in [0.05, 0.1) is 12.5 Å². The van der Waals surface area contributed by atoms with Crippen molar-refractivity contribution in [3.05, 3.63) is 10.5 Å². The number of thioether (sulfide) groups is 1. The summed E-state index contributed by atoms with van der Waals surface area (Å²) in [6.07, 6.45) is 2.81. The molecule has 2 aliphatic rings.